The van der Waals surface area contributed by atoms with Gasteiger partial charge in [-0.15, -0.1) is 21.5 Å². The number of thiophene rings is 1. The molecule has 0 radical (unpaired) electrons. The van der Waals surface area contributed by atoms with Crippen LogP contribution in [0.15, 0.2) is 41.0 Å². The van der Waals surface area contributed by atoms with Gasteiger partial charge in [0.1, 0.15) is 0 Å². The summed E-state index contributed by atoms with van der Waals surface area (Å²) in [5.41, 5.74) is 0.495. The van der Waals surface area contributed by atoms with Gasteiger partial charge in [0.15, 0.2) is 16.1 Å². The van der Waals surface area contributed by atoms with Crippen LogP contribution in [-0.2, 0) is 16.1 Å². The number of aromatic nitrogens is 4. The fourth-order valence-electron chi connectivity index (χ4n) is 2.94. The van der Waals surface area contributed by atoms with Crippen LogP contribution in [-0.4, -0.2) is 44.1 Å². The highest BCUT2D eigenvalue weighted by Crippen LogP contribution is 2.29. The average Bonchev–Trinajstić information content (AvgIpc) is 3.44. The number of nitrogens with zero attached hydrogens (tertiary/aromatic N) is 4. The Balaban J connectivity index is 1.47. The van der Waals surface area contributed by atoms with Crippen molar-refractivity contribution in [1.29, 1.82) is 0 Å². The summed E-state index contributed by atoms with van der Waals surface area (Å²) in [7, 11) is 0. The standard InChI is InChI=1S/C18H18ClN5O2S2/c19-16-13(5-1-7-20-16)21-15(25)11-28-18-23-22-17(14-6-3-9-27-14)24(18)10-12-4-2-8-26-12/h1,3,5-7,9,12H,2,4,8,10-11H2,(H,21,25)/t12-/m0/s1. The van der Waals surface area contributed by atoms with Gasteiger partial charge in [-0.05, 0) is 36.4 Å². The van der Waals surface area contributed by atoms with Crippen molar-refractivity contribution >= 4 is 46.3 Å². The summed E-state index contributed by atoms with van der Waals surface area (Å²) >= 11 is 8.95. The summed E-state index contributed by atoms with van der Waals surface area (Å²) in [5.74, 6) is 0.826. The number of hydrogen-bond acceptors (Lipinski definition) is 7. The van der Waals surface area contributed by atoms with Gasteiger partial charge in [-0.25, -0.2) is 4.98 Å². The predicted octanol–water partition coefficient (Wildman–Crippen LogP) is 3.96. The minimum absolute atomic E-state index is 0.150. The van der Waals surface area contributed by atoms with Crippen LogP contribution in [0.1, 0.15) is 12.8 Å². The Labute approximate surface area is 175 Å². The molecule has 1 aliphatic rings. The molecule has 1 amide bonds. The third kappa shape index (κ3) is 4.54. The van der Waals surface area contributed by atoms with Gasteiger partial charge in [-0.2, -0.15) is 0 Å². The van der Waals surface area contributed by atoms with E-state index < -0.39 is 0 Å². The highest BCUT2D eigenvalue weighted by atomic mass is 35.5. The largest absolute Gasteiger partial charge is 0.376 e. The van der Waals surface area contributed by atoms with Crippen LogP contribution in [0.25, 0.3) is 10.7 Å². The molecule has 0 aliphatic carbocycles. The van der Waals surface area contributed by atoms with Crippen molar-refractivity contribution in [1.82, 2.24) is 19.7 Å². The maximum Gasteiger partial charge on any atom is 0.234 e. The van der Waals surface area contributed by atoms with Crippen LogP contribution in [0.5, 0.6) is 0 Å². The van der Waals surface area contributed by atoms with E-state index in [1.807, 2.05) is 17.5 Å². The molecule has 0 saturated carbocycles. The molecule has 146 valence electrons. The predicted molar refractivity (Wildman–Crippen MR) is 111 cm³/mol. The monoisotopic (exact) mass is 435 g/mol. The zero-order valence-electron chi connectivity index (χ0n) is 14.9. The van der Waals surface area contributed by atoms with Crippen molar-refractivity contribution < 1.29 is 9.53 Å². The van der Waals surface area contributed by atoms with Crippen LogP contribution in [0.2, 0.25) is 5.15 Å². The van der Waals surface area contributed by atoms with Gasteiger partial charge >= 0.3 is 0 Å². The fourth-order valence-corrected chi connectivity index (χ4v) is 4.57. The van der Waals surface area contributed by atoms with Crippen molar-refractivity contribution in [3.63, 3.8) is 0 Å². The molecule has 10 heteroatoms. The molecule has 1 saturated heterocycles. The van der Waals surface area contributed by atoms with Crippen molar-refractivity contribution in [3.05, 3.63) is 41.0 Å². The number of halogens is 1. The lowest BCUT2D eigenvalue weighted by atomic mass is 10.2. The number of anilines is 1. The molecule has 1 aliphatic heterocycles. The number of rotatable bonds is 7. The Morgan fingerprint density at radius 1 is 1.39 bits per heavy atom. The first-order valence-corrected chi connectivity index (χ1v) is 11.1. The summed E-state index contributed by atoms with van der Waals surface area (Å²) in [6, 6.07) is 7.45. The molecule has 4 heterocycles. The van der Waals surface area contributed by atoms with E-state index in [4.69, 9.17) is 16.3 Å². The molecule has 0 bridgehead atoms. The Bertz CT molecular complexity index is 941. The number of nitrogens with one attached hydrogen (secondary N) is 1. The van der Waals surface area contributed by atoms with Gasteiger partial charge in [0.25, 0.3) is 0 Å². The smallest absolute Gasteiger partial charge is 0.234 e. The molecule has 3 aromatic rings. The highest BCUT2D eigenvalue weighted by molar-refractivity contribution is 7.99. The van der Waals surface area contributed by atoms with E-state index in [2.05, 4.69) is 25.1 Å². The summed E-state index contributed by atoms with van der Waals surface area (Å²) in [5, 5.41) is 14.4. The third-order valence-electron chi connectivity index (χ3n) is 4.23. The van der Waals surface area contributed by atoms with E-state index in [0.29, 0.717) is 17.4 Å². The molecule has 1 N–H and O–H groups in total. The molecule has 28 heavy (non-hydrogen) atoms. The van der Waals surface area contributed by atoms with Gasteiger partial charge in [0.2, 0.25) is 5.91 Å². The number of pyridine rings is 1. The third-order valence-corrected chi connectivity index (χ3v) is 6.37. The number of carbonyl (C=O) groups excluding carboxylic acids is 1. The van der Waals surface area contributed by atoms with Crippen LogP contribution >= 0.6 is 34.7 Å². The van der Waals surface area contributed by atoms with Crippen LogP contribution in [0, 0.1) is 0 Å². The van der Waals surface area contributed by atoms with Gasteiger partial charge in [-0.3, -0.25) is 9.36 Å². The van der Waals surface area contributed by atoms with Crippen molar-refractivity contribution in [3.8, 4) is 10.7 Å². The first kappa shape index (κ1) is 19.4. The number of hydrogen-bond donors (Lipinski definition) is 1. The fraction of sp³-hybridized carbons (Fsp3) is 0.333. The number of carbonyl (C=O) groups is 1. The molecule has 1 fully saturated rings. The second-order valence-corrected chi connectivity index (χ2v) is 8.46. The number of thioether (sulfide) groups is 1. The van der Waals surface area contributed by atoms with E-state index in [1.54, 1.807) is 29.7 Å². The van der Waals surface area contributed by atoms with E-state index >= 15 is 0 Å². The Morgan fingerprint density at radius 3 is 3.07 bits per heavy atom. The minimum atomic E-state index is -0.177. The Hall–Kier alpha value is -1.94. The molecule has 0 spiro atoms. The second-order valence-electron chi connectivity index (χ2n) is 6.21. The van der Waals surface area contributed by atoms with E-state index in [0.717, 1.165) is 30.2 Å². The van der Waals surface area contributed by atoms with Crippen molar-refractivity contribution in [2.75, 3.05) is 17.7 Å². The van der Waals surface area contributed by atoms with E-state index in [-0.39, 0.29) is 22.9 Å². The normalized spacial score (nSPS) is 16.4. The lowest BCUT2D eigenvalue weighted by Crippen LogP contribution is -2.18. The van der Waals surface area contributed by atoms with Gasteiger partial charge in [0.05, 0.1) is 29.0 Å². The van der Waals surface area contributed by atoms with Crippen molar-refractivity contribution in [2.45, 2.75) is 30.6 Å². The van der Waals surface area contributed by atoms with Crippen LogP contribution < -0.4 is 5.32 Å². The number of ether oxygens (including phenoxy) is 1. The quantitative estimate of drug-likeness (QED) is 0.446. The van der Waals surface area contributed by atoms with Crippen molar-refractivity contribution in [2.24, 2.45) is 0 Å². The van der Waals surface area contributed by atoms with E-state index in [1.165, 1.54) is 11.8 Å². The van der Waals surface area contributed by atoms with Gasteiger partial charge in [-0.1, -0.05) is 29.4 Å². The van der Waals surface area contributed by atoms with E-state index in [9.17, 15) is 4.79 Å². The lowest BCUT2D eigenvalue weighted by molar-refractivity contribution is -0.113. The molecule has 4 rings (SSSR count). The SMILES string of the molecule is O=C(CSc1nnc(-c2cccs2)n1C[C@@H]1CCCO1)Nc1cccnc1Cl. The topological polar surface area (TPSA) is 81.9 Å². The first-order valence-electron chi connectivity index (χ1n) is 8.82. The van der Waals surface area contributed by atoms with Crippen LogP contribution in [0.4, 0.5) is 5.69 Å². The molecule has 7 nitrogen and oxygen atoms in total. The Morgan fingerprint density at radius 2 is 2.32 bits per heavy atom. The highest BCUT2D eigenvalue weighted by Gasteiger charge is 2.22. The first-order chi connectivity index (χ1) is 13.7. The van der Waals surface area contributed by atoms with Crippen LogP contribution in [0.3, 0.4) is 0 Å². The zero-order chi connectivity index (χ0) is 19.3. The molecular formula is C18H18ClN5O2S2. The molecular weight excluding hydrogens is 418 g/mol. The van der Waals surface area contributed by atoms with Gasteiger partial charge in [0, 0.05) is 12.8 Å². The summed E-state index contributed by atoms with van der Waals surface area (Å²) in [6.45, 7) is 1.47. The molecule has 0 unspecified atom stereocenters. The average molecular weight is 436 g/mol. The lowest BCUT2D eigenvalue weighted by Gasteiger charge is -2.14. The molecule has 0 aromatic carbocycles. The number of amides is 1. The zero-order valence-corrected chi connectivity index (χ0v) is 17.3. The Kier molecular flexibility index (Phi) is 6.26. The molecule has 1 atom stereocenters. The minimum Gasteiger partial charge on any atom is -0.376 e. The maximum atomic E-state index is 12.3. The summed E-state index contributed by atoms with van der Waals surface area (Å²) < 4.78 is 7.84. The maximum absolute atomic E-state index is 12.3. The molecule has 3 aromatic heterocycles. The summed E-state index contributed by atoms with van der Waals surface area (Å²) in [6.07, 6.45) is 3.81. The van der Waals surface area contributed by atoms with Gasteiger partial charge < -0.3 is 10.1 Å². The second kappa shape index (κ2) is 9.04. The summed E-state index contributed by atoms with van der Waals surface area (Å²) in [4.78, 5) is 17.3.